The van der Waals surface area contributed by atoms with Gasteiger partial charge in [0.25, 0.3) is 0 Å². The predicted octanol–water partition coefficient (Wildman–Crippen LogP) is 5.09. The van der Waals surface area contributed by atoms with Gasteiger partial charge in [-0.2, -0.15) is 0 Å². The third kappa shape index (κ3) is 5.79. The maximum atomic E-state index is 12.4. The fourth-order valence-corrected chi connectivity index (χ4v) is 3.27. The maximum absolute atomic E-state index is 12.4. The van der Waals surface area contributed by atoms with Crippen LogP contribution in [0.5, 0.6) is 11.5 Å². The summed E-state index contributed by atoms with van der Waals surface area (Å²) in [5.74, 6) is 0.889. The van der Waals surface area contributed by atoms with E-state index in [9.17, 15) is 9.90 Å². The van der Waals surface area contributed by atoms with Crippen LogP contribution in [0.1, 0.15) is 12.5 Å². The van der Waals surface area contributed by atoms with Gasteiger partial charge in [0.15, 0.2) is 0 Å². The quantitative estimate of drug-likeness (QED) is 0.561. The first-order valence-electron chi connectivity index (χ1n) is 8.63. The summed E-state index contributed by atoms with van der Waals surface area (Å²) in [7, 11) is 0. The first-order chi connectivity index (χ1) is 13.1. The standard InChI is InChI=1S/C22H21NO3S/c1-16(27-21-13-9-19(24)10-14-21)22(25)23-18-7-11-20(12-8-18)26-15-17-5-3-2-4-6-17/h2-14,16,24H,15H2,1H3,(H,23,25). The minimum Gasteiger partial charge on any atom is -0.508 e. The molecule has 0 aromatic heterocycles. The van der Waals surface area contributed by atoms with Gasteiger partial charge in [0, 0.05) is 10.6 Å². The topological polar surface area (TPSA) is 58.6 Å². The van der Waals surface area contributed by atoms with Crippen molar-refractivity contribution in [2.75, 3.05) is 5.32 Å². The molecular formula is C22H21NO3S. The summed E-state index contributed by atoms with van der Waals surface area (Å²) >= 11 is 1.44. The smallest absolute Gasteiger partial charge is 0.237 e. The van der Waals surface area contributed by atoms with Gasteiger partial charge in [-0.25, -0.2) is 0 Å². The molecule has 0 aliphatic heterocycles. The van der Waals surface area contributed by atoms with E-state index in [0.29, 0.717) is 6.61 Å². The Bertz CT molecular complexity index is 864. The molecule has 2 N–H and O–H groups in total. The fraction of sp³-hybridized carbons (Fsp3) is 0.136. The molecule has 27 heavy (non-hydrogen) atoms. The lowest BCUT2D eigenvalue weighted by Gasteiger charge is -2.13. The number of carbonyl (C=O) groups is 1. The molecule has 5 heteroatoms. The van der Waals surface area contributed by atoms with Crippen LogP contribution in [0.2, 0.25) is 0 Å². The largest absolute Gasteiger partial charge is 0.508 e. The van der Waals surface area contributed by atoms with Crippen LogP contribution in [-0.2, 0) is 11.4 Å². The highest BCUT2D eigenvalue weighted by Crippen LogP contribution is 2.26. The second kappa shape index (κ2) is 9.14. The lowest BCUT2D eigenvalue weighted by Crippen LogP contribution is -2.22. The summed E-state index contributed by atoms with van der Waals surface area (Å²) in [5.41, 5.74) is 1.83. The highest BCUT2D eigenvalue weighted by atomic mass is 32.2. The number of nitrogens with one attached hydrogen (secondary N) is 1. The Morgan fingerprint density at radius 2 is 1.67 bits per heavy atom. The molecule has 0 aliphatic carbocycles. The number of phenols is 1. The number of anilines is 1. The Morgan fingerprint density at radius 3 is 2.33 bits per heavy atom. The van der Waals surface area contributed by atoms with Crippen LogP contribution >= 0.6 is 11.8 Å². The van der Waals surface area contributed by atoms with Gasteiger partial charge in [0.2, 0.25) is 5.91 Å². The van der Waals surface area contributed by atoms with Gasteiger partial charge >= 0.3 is 0 Å². The van der Waals surface area contributed by atoms with Crippen molar-refractivity contribution in [1.29, 1.82) is 0 Å². The minimum atomic E-state index is -0.261. The first kappa shape index (κ1) is 18.9. The zero-order chi connectivity index (χ0) is 19.1. The molecule has 0 fully saturated rings. The van der Waals surface area contributed by atoms with Crippen molar-refractivity contribution in [3.8, 4) is 11.5 Å². The van der Waals surface area contributed by atoms with E-state index in [-0.39, 0.29) is 16.9 Å². The van der Waals surface area contributed by atoms with Gasteiger partial charge in [-0.15, -0.1) is 11.8 Å². The van der Waals surface area contributed by atoms with E-state index < -0.39 is 0 Å². The zero-order valence-electron chi connectivity index (χ0n) is 15.0. The van der Waals surface area contributed by atoms with E-state index in [2.05, 4.69) is 5.32 Å². The molecule has 0 aliphatic rings. The number of carbonyl (C=O) groups excluding carboxylic acids is 1. The van der Waals surface area contributed by atoms with E-state index in [4.69, 9.17) is 4.74 Å². The second-order valence-electron chi connectivity index (χ2n) is 6.04. The minimum absolute atomic E-state index is 0.0778. The van der Waals surface area contributed by atoms with Crippen molar-refractivity contribution >= 4 is 23.4 Å². The number of hydrogen-bond acceptors (Lipinski definition) is 4. The average Bonchev–Trinajstić information content (AvgIpc) is 2.70. The van der Waals surface area contributed by atoms with E-state index in [1.54, 1.807) is 24.3 Å². The number of thioether (sulfide) groups is 1. The number of amides is 1. The Balaban J connectivity index is 1.51. The highest BCUT2D eigenvalue weighted by molar-refractivity contribution is 8.00. The average molecular weight is 379 g/mol. The number of ether oxygens (including phenoxy) is 1. The molecule has 1 amide bonds. The molecule has 4 nitrogen and oxygen atoms in total. The lowest BCUT2D eigenvalue weighted by atomic mass is 10.2. The van der Waals surface area contributed by atoms with Crippen LogP contribution < -0.4 is 10.1 Å². The maximum Gasteiger partial charge on any atom is 0.237 e. The summed E-state index contributed by atoms with van der Waals surface area (Å²) < 4.78 is 5.75. The molecule has 3 aromatic rings. The molecule has 3 rings (SSSR count). The number of benzene rings is 3. The summed E-state index contributed by atoms with van der Waals surface area (Å²) in [6.07, 6.45) is 0. The predicted molar refractivity (Wildman–Crippen MR) is 109 cm³/mol. The van der Waals surface area contributed by atoms with Gasteiger partial charge < -0.3 is 15.2 Å². The van der Waals surface area contributed by atoms with Crippen LogP contribution in [0.4, 0.5) is 5.69 Å². The summed E-state index contributed by atoms with van der Waals surface area (Å²) in [6.45, 7) is 2.36. The fourth-order valence-electron chi connectivity index (χ4n) is 2.40. The molecule has 0 saturated carbocycles. The van der Waals surface area contributed by atoms with E-state index in [0.717, 1.165) is 21.9 Å². The third-order valence-corrected chi connectivity index (χ3v) is 5.00. The van der Waals surface area contributed by atoms with Gasteiger partial charge in [-0.1, -0.05) is 30.3 Å². The lowest BCUT2D eigenvalue weighted by molar-refractivity contribution is -0.115. The Morgan fingerprint density at radius 1 is 1.00 bits per heavy atom. The van der Waals surface area contributed by atoms with Crippen LogP contribution in [0, 0.1) is 0 Å². The van der Waals surface area contributed by atoms with Crippen LogP contribution in [-0.4, -0.2) is 16.3 Å². The SMILES string of the molecule is CC(Sc1ccc(O)cc1)C(=O)Nc1ccc(OCc2ccccc2)cc1. The van der Waals surface area contributed by atoms with Crippen LogP contribution in [0.3, 0.4) is 0 Å². The van der Waals surface area contributed by atoms with E-state index in [1.807, 2.05) is 61.5 Å². The highest BCUT2D eigenvalue weighted by Gasteiger charge is 2.14. The van der Waals surface area contributed by atoms with Crippen molar-refractivity contribution in [3.05, 3.63) is 84.4 Å². The molecule has 0 radical (unpaired) electrons. The number of rotatable bonds is 7. The van der Waals surface area contributed by atoms with Crippen molar-refractivity contribution in [2.45, 2.75) is 23.7 Å². The Labute approximate surface area is 163 Å². The number of hydrogen-bond donors (Lipinski definition) is 2. The molecule has 1 atom stereocenters. The Kier molecular flexibility index (Phi) is 6.39. The molecule has 1 unspecified atom stereocenters. The van der Waals surface area contributed by atoms with E-state index >= 15 is 0 Å². The molecule has 0 bridgehead atoms. The molecule has 0 heterocycles. The van der Waals surface area contributed by atoms with Crippen molar-refractivity contribution in [2.24, 2.45) is 0 Å². The van der Waals surface area contributed by atoms with Gasteiger partial charge in [0.05, 0.1) is 5.25 Å². The molecule has 3 aromatic carbocycles. The van der Waals surface area contributed by atoms with Crippen molar-refractivity contribution < 1.29 is 14.6 Å². The van der Waals surface area contributed by atoms with Gasteiger partial charge in [-0.05, 0) is 61.0 Å². The Hall–Kier alpha value is -2.92. The molecule has 138 valence electrons. The first-order valence-corrected chi connectivity index (χ1v) is 9.51. The number of aromatic hydroxyl groups is 1. The normalized spacial score (nSPS) is 11.6. The van der Waals surface area contributed by atoms with Gasteiger partial charge in [0.1, 0.15) is 18.1 Å². The summed E-state index contributed by atoms with van der Waals surface area (Å²) in [4.78, 5) is 13.3. The van der Waals surface area contributed by atoms with Crippen molar-refractivity contribution in [1.82, 2.24) is 0 Å². The second-order valence-corrected chi connectivity index (χ2v) is 7.46. The summed E-state index contributed by atoms with van der Waals surface area (Å²) in [5, 5.41) is 12.0. The van der Waals surface area contributed by atoms with Gasteiger partial charge in [-0.3, -0.25) is 4.79 Å². The molecule has 0 saturated heterocycles. The van der Waals surface area contributed by atoms with Crippen LogP contribution in [0.25, 0.3) is 0 Å². The third-order valence-electron chi connectivity index (χ3n) is 3.89. The van der Waals surface area contributed by atoms with E-state index in [1.165, 1.54) is 11.8 Å². The zero-order valence-corrected chi connectivity index (χ0v) is 15.8. The van der Waals surface area contributed by atoms with Crippen LogP contribution in [0.15, 0.2) is 83.8 Å². The molecular weight excluding hydrogens is 358 g/mol. The molecule has 0 spiro atoms. The number of phenolic OH excluding ortho intramolecular Hbond substituents is 1. The van der Waals surface area contributed by atoms with Crippen molar-refractivity contribution in [3.63, 3.8) is 0 Å². The summed E-state index contributed by atoms with van der Waals surface area (Å²) in [6, 6.07) is 24.1. The monoisotopic (exact) mass is 379 g/mol.